The van der Waals surface area contributed by atoms with Gasteiger partial charge < -0.3 is 0 Å². The van der Waals surface area contributed by atoms with Gasteiger partial charge in [0.2, 0.25) is 0 Å². The Morgan fingerprint density at radius 2 is 1.63 bits per heavy atom. The van der Waals surface area contributed by atoms with E-state index in [-0.39, 0.29) is 0 Å². The van der Waals surface area contributed by atoms with Crippen LogP contribution < -0.4 is 0 Å². The molecule has 0 N–H and O–H groups in total. The molecule has 1 saturated heterocycles. The first kappa shape index (κ1) is 12.8. The Bertz CT molecular complexity index is 656. The molecule has 3 nitrogen and oxygen atoms in total. The monoisotopic (exact) mass is 293 g/mol. The maximum atomic E-state index is 12.4. The van der Waals surface area contributed by atoms with Gasteiger partial charge in [-0.2, -0.15) is 4.31 Å². The van der Waals surface area contributed by atoms with Gasteiger partial charge in [-0.1, -0.05) is 30.3 Å². The molecular formula is C14H15NO2S2. The quantitative estimate of drug-likeness (QED) is 0.871. The normalized spacial score (nSPS) is 16.8. The van der Waals surface area contributed by atoms with E-state index in [0.717, 1.165) is 23.3 Å². The Kier molecular flexibility index (Phi) is 3.43. The van der Waals surface area contributed by atoms with Crippen LogP contribution in [0, 0.1) is 0 Å². The number of rotatable bonds is 3. The van der Waals surface area contributed by atoms with Crippen LogP contribution in [0.2, 0.25) is 0 Å². The van der Waals surface area contributed by atoms with Crippen LogP contribution >= 0.6 is 11.3 Å². The number of nitrogens with zero attached hydrogens (tertiary/aromatic N) is 1. The van der Waals surface area contributed by atoms with Gasteiger partial charge in [0.15, 0.2) is 0 Å². The van der Waals surface area contributed by atoms with Crippen LogP contribution in [-0.2, 0) is 10.0 Å². The summed E-state index contributed by atoms with van der Waals surface area (Å²) in [5.41, 5.74) is 1.07. The van der Waals surface area contributed by atoms with Crippen LogP contribution in [-0.4, -0.2) is 25.8 Å². The summed E-state index contributed by atoms with van der Waals surface area (Å²) in [6.45, 7) is 1.31. The molecule has 2 heterocycles. The molecule has 3 rings (SSSR count). The first-order valence-electron chi connectivity index (χ1n) is 6.33. The predicted octanol–water partition coefficient (Wildman–Crippen LogP) is 3.20. The third-order valence-corrected chi connectivity index (χ3v) is 6.80. The standard InChI is InChI=1S/C14H15NO2S2/c16-19(17,15-10-4-5-11-15)14-9-8-13(18-14)12-6-2-1-3-7-12/h1-3,6-9H,4-5,10-11H2. The van der Waals surface area contributed by atoms with Crippen LogP contribution in [0.3, 0.4) is 0 Å². The Morgan fingerprint density at radius 1 is 0.947 bits per heavy atom. The zero-order chi connectivity index (χ0) is 13.3. The van der Waals surface area contributed by atoms with E-state index in [1.54, 1.807) is 10.4 Å². The minimum Gasteiger partial charge on any atom is -0.206 e. The molecule has 2 aromatic rings. The van der Waals surface area contributed by atoms with Crippen molar-refractivity contribution in [3.05, 3.63) is 42.5 Å². The summed E-state index contributed by atoms with van der Waals surface area (Å²) < 4.78 is 26.9. The highest BCUT2D eigenvalue weighted by molar-refractivity contribution is 7.91. The second-order valence-electron chi connectivity index (χ2n) is 4.60. The summed E-state index contributed by atoms with van der Waals surface area (Å²) in [5.74, 6) is 0. The highest BCUT2D eigenvalue weighted by Gasteiger charge is 2.28. The lowest BCUT2D eigenvalue weighted by atomic mass is 10.2. The first-order valence-corrected chi connectivity index (χ1v) is 8.59. The highest BCUT2D eigenvalue weighted by atomic mass is 32.2. The van der Waals surface area contributed by atoms with Crippen molar-refractivity contribution in [2.75, 3.05) is 13.1 Å². The third kappa shape index (κ3) is 2.45. The molecule has 1 fully saturated rings. The molecule has 0 saturated carbocycles. The molecule has 0 radical (unpaired) electrons. The lowest BCUT2D eigenvalue weighted by Gasteiger charge is -2.13. The second-order valence-corrected chi connectivity index (χ2v) is 7.84. The van der Waals surface area contributed by atoms with Crippen molar-refractivity contribution >= 4 is 21.4 Å². The highest BCUT2D eigenvalue weighted by Crippen LogP contribution is 2.33. The van der Waals surface area contributed by atoms with Gasteiger partial charge in [-0.25, -0.2) is 8.42 Å². The van der Waals surface area contributed by atoms with Crippen LogP contribution in [0.1, 0.15) is 12.8 Å². The number of thiophene rings is 1. The van der Waals surface area contributed by atoms with Gasteiger partial charge in [0, 0.05) is 18.0 Å². The Balaban J connectivity index is 1.93. The lowest BCUT2D eigenvalue weighted by molar-refractivity contribution is 0.479. The molecule has 1 aliphatic rings. The summed E-state index contributed by atoms with van der Waals surface area (Å²) in [6, 6.07) is 13.5. The van der Waals surface area contributed by atoms with Crippen molar-refractivity contribution in [1.82, 2.24) is 4.31 Å². The molecule has 0 bridgehead atoms. The largest absolute Gasteiger partial charge is 0.252 e. The van der Waals surface area contributed by atoms with Crippen LogP contribution in [0.4, 0.5) is 0 Å². The fraction of sp³-hybridized carbons (Fsp3) is 0.286. The summed E-state index contributed by atoms with van der Waals surface area (Å²) in [4.78, 5) is 0.998. The van der Waals surface area contributed by atoms with Gasteiger partial charge in [-0.05, 0) is 30.5 Å². The van der Waals surface area contributed by atoms with Gasteiger partial charge >= 0.3 is 0 Å². The minimum absolute atomic E-state index is 0.452. The Labute approximate surface area is 117 Å². The molecule has 0 amide bonds. The molecular weight excluding hydrogens is 278 g/mol. The van der Waals surface area contributed by atoms with E-state index in [9.17, 15) is 8.42 Å². The summed E-state index contributed by atoms with van der Waals surface area (Å²) >= 11 is 1.35. The van der Waals surface area contributed by atoms with Gasteiger partial charge in [-0.3, -0.25) is 0 Å². The predicted molar refractivity (Wildman–Crippen MR) is 77.7 cm³/mol. The van der Waals surface area contributed by atoms with E-state index in [0.29, 0.717) is 17.3 Å². The molecule has 19 heavy (non-hydrogen) atoms. The van der Waals surface area contributed by atoms with E-state index in [1.165, 1.54) is 11.3 Å². The average Bonchev–Trinajstić information content (AvgIpc) is 3.12. The molecule has 100 valence electrons. The number of sulfonamides is 1. The maximum absolute atomic E-state index is 12.4. The van der Waals surface area contributed by atoms with Crippen LogP contribution in [0.15, 0.2) is 46.7 Å². The Morgan fingerprint density at radius 3 is 2.32 bits per heavy atom. The average molecular weight is 293 g/mol. The number of benzene rings is 1. The van der Waals surface area contributed by atoms with Crippen molar-refractivity contribution in [3.8, 4) is 10.4 Å². The van der Waals surface area contributed by atoms with E-state index < -0.39 is 10.0 Å². The van der Waals surface area contributed by atoms with Gasteiger partial charge in [-0.15, -0.1) is 11.3 Å². The summed E-state index contributed by atoms with van der Waals surface area (Å²) in [6.07, 6.45) is 1.94. The zero-order valence-corrected chi connectivity index (χ0v) is 12.1. The molecule has 1 aromatic heterocycles. The van der Waals surface area contributed by atoms with E-state index in [4.69, 9.17) is 0 Å². The SMILES string of the molecule is O=S(=O)(c1ccc(-c2ccccc2)s1)N1CCCC1. The summed E-state index contributed by atoms with van der Waals surface area (Å²) in [5, 5.41) is 0. The molecule has 0 atom stereocenters. The Hall–Kier alpha value is -1.17. The topological polar surface area (TPSA) is 37.4 Å². The molecule has 5 heteroatoms. The number of hydrogen-bond donors (Lipinski definition) is 0. The molecule has 1 aliphatic heterocycles. The van der Waals surface area contributed by atoms with Crippen LogP contribution in [0.5, 0.6) is 0 Å². The van der Waals surface area contributed by atoms with Crippen molar-refractivity contribution in [2.45, 2.75) is 17.1 Å². The zero-order valence-electron chi connectivity index (χ0n) is 10.5. The van der Waals surface area contributed by atoms with Crippen molar-refractivity contribution in [3.63, 3.8) is 0 Å². The smallest absolute Gasteiger partial charge is 0.206 e. The van der Waals surface area contributed by atoms with E-state index >= 15 is 0 Å². The molecule has 0 spiro atoms. The van der Waals surface area contributed by atoms with Gasteiger partial charge in [0.1, 0.15) is 4.21 Å². The molecule has 0 aliphatic carbocycles. The second kappa shape index (κ2) is 5.07. The molecule has 0 unspecified atom stereocenters. The van der Waals surface area contributed by atoms with Crippen molar-refractivity contribution in [2.24, 2.45) is 0 Å². The van der Waals surface area contributed by atoms with E-state index in [1.807, 2.05) is 36.4 Å². The summed E-state index contributed by atoms with van der Waals surface area (Å²) in [7, 11) is -3.27. The maximum Gasteiger partial charge on any atom is 0.252 e. The van der Waals surface area contributed by atoms with E-state index in [2.05, 4.69) is 0 Å². The van der Waals surface area contributed by atoms with Crippen molar-refractivity contribution in [1.29, 1.82) is 0 Å². The molecule has 1 aromatic carbocycles. The van der Waals surface area contributed by atoms with Gasteiger partial charge in [0.25, 0.3) is 10.0 Å². The lowest BCUT2D eigenvalue weighted by Crippen LogP contribution is -2.27. The van der Waals surface area contributed by atoms with Gasteiger partial charge in [0.05, 0.1) is 0 Å². The fourth-order valence-corrected chi connectivity index (χ4v) is 5.26. The van der Waals surface area contributed by atoms with Crippen molar-refractivity contribution < 1.29 is 8.42 Å². The van der Waals surface area contributed by atoms with Crippen LogP contribution in [0.25, 0.3) is 10.4 Å². The number of hydrogen-bond acceptors (Lipinski definition) is 3. The first-order chi connectivity index (χ1) is 9.18. The fourth-order valence-electron chi connectivity index (χ4n) is 2.27. The minimum atomic E-state index is -3.27. The third-order valence-electron chi connectivity index (χ3n) is 3.30.